The molecule has 1 aromatic heterocycles. The lowest BCUT2D eigenvalue weighted by atomic mass is 10.2. The lowest BCUT2D eigenvalue weighted by Gasteiger charge is -2.14. The second-order valence-electron chi connectivity index (χ2n) is 5.52. The maximum absolute atomic E-state index is 12.4. The van der Waals surface area contributed by atoms with Crippen LogP contribution in [0.5, 0.6) is 5.75 Å². The van der Waals surface area contributed by atoms with Gasteiger partial charge >= 0.3 is 6.36 Å². The number of aliphatic imine (C=N–C) groups is 1. The summed E-state index contributed by atoms with van der Waals surface area (Å²) in [5.74, 6) is 0.0193. The minimum atomic E-state index is -4.78. The predicted molar refractivity (Wildman–Crippen MR) is 93.1 cm³/mol. The van der Waals surface area contributed by atoms with Gasteiger partial charge in [0.15, 0.2) is 11.7 Å². The van der Waals surface area contributed by atoms with Crippen LogP contribution in [0.15, 0.2) is 34.6 Å². The van der Waals surface area contributed by atoms with E-state index in [4.69, 9.17) is 5.73 Å². The van der Waals surface area contributed by atoms with E-state index in [-0.39, 0.29) is 17.4 Å². The van der Waals surface area contributed by atoms with Crippen molar-refractivity contribution in [2.45, 2.75) is 32.5 Å². The SMILES string of the molecule is CC(C)c1nc(CCN=C(N)Nc2ccccc2OC(F)(F)F)cs1. The van der Waals surface area contributed by atoms with Gasteiger partial charge in [0, 0.05) is 24.3 Å². The highest BCUT2D eigenvalue weighted by Gasteiger charge is 2.32. The number of hydrogen-bond donors (Lipinski definition) is 2. The molecule has 3 N–H and O–H groups in total. The number of ether oxygens (including phenoxy) is 1. The zero-order chi connectivity index (χ0) is 18.4. The zero-order valence-corrected chi connectivity index (χ0v) is 14.6. The summed E-state index contributed by atoms with van der Waals surface area (Å²) >= 11 is 1.60. The summed E-state index contributed by atoms with van der Waals surface area (Å²) in [5.41, 5.74) is 6.76. The van der Waals surface area contributed by atoms with Crippen molar-refractivity contribution in [3.63, 3.8) is 0 Å². The summed E-state index contributed by atoms with van der Waals surface area (Å²) in [6, 6.07) is 5.64. The van der Waals surface area contributed by atoms with E-state index in [0.717, 1.165) is 10.7 Å². The number of alkyl halides is 3. The van der Waals surface area contributed by atoms with E-state index >= 15 is 0 Å². The van der Waals surface area contributed by atoms with E-state index in [0.29, 0.717) is 18.9 Å². The maximum Gasteiger partial charge on any atom is 0.573 e. The lowest BCUT2D eigenvalue weighted by molar-refractivity contribution is -0.274. The molecule has 0 aliphatic heterocycles. The molecule has 0 radical (unpaired) electrons. The fourth-order valence-electron chi connectivity index (χ4n) is 1.95. The second kappa shape index (κ2) is 8.19. The fourth-order valence-corrected chi connectivity index (χ4v) is 2.82. The Balaban J connectivity index is 1.95. The van der Waals surface area contributed by atoms with Gasteiger partial charge in [0.05, 0.1) is 16.4 Å². The summed E-state index contributed by atoms with van der Waals surface area (Å²) < 4.78 is 41.1. The van der Waals surface area contributed by atoms with Crippen LogP contribution < -0.4 is 15.8 Å². The van der Waals surface area contributed by atoms with Crippen molar-refractivity contribution >= 4 is 23.0 Å². The van der Waals surface area contributed by atoms with E-state index in [1.54, 1.807) is 17.4 Å². The van der Waals surface area contributed by atoms with Crippen LogP contribution in [-0.4, -0.2) is 23.9 Å². The number of guanidine groups is 1. The Morgan fingerprint density at radius 3 is 2.72 bits per heavy atom. The highest BCUT2D eigenvalue weighted by Crippen LogP contribution is 2.29. The van der Waals surface area contributed by atoms with E-state index in [1.165, 1.54) is 18.2 Å². The van der Waals surface area contributed by atoms with E-state index < -0.39 is 6.36 Å². The van der Waals surface area contributed by atoms with Crippen LogP contribution in [-0.2, 0) is 6.42 Å². The minimum Gasteiger partial charge on any atom is -0.404 e. The summed E-state index contributed by atoms with van der Waals surface area (Å²) in [5, 5.41) is 5.66. The second-order valence-corrected chi connectivity index (χ2v) is 6.41. The number of anilines is 1. The number of rotatable bonds is 6. The molecule has 0 saturated carbocycles. The highest BCUT2D eigenvalue weighted by molar-refractivity contribution is 7.09. The summed E-state index contributed by atoms with van der Waals surface area (Å²) in [6.07, 6.45) is -4.17. The van der Waals surface area contributed by atoms with Gasteiger partial charge in [0.1, 0.15) is 0 Å². The summed E-state index contributed by atoms with van der Waals surface area (Å²) in [7, 11) is 0. The zero-order valence-electron chi connectivity index (χ0n) is 13.8. The molecular formula is C16H19F3N4OS. The molecule has 2 rings (SSSR count). The largest absolute Gasteiger partial charge is 0.573 e. The fraction of sp³-hybridized carbons (Fsp3) is 0.375. The van der Waals surface area contributed by atoms with Gasteiger partial charge in [-0.3, -0.25) is 4.99 Å². The van der Waals surface area contributed by atoms with Gasteiger partial charge in [-0.1, -0.05) is 26.0 Å². The molecule has 1 heterocycles. The number of nitrogens with two attached hydrogens (primary N) is 1. The average Bonchev–Trinajstić information content (AvgIpc) is 2.97. The number of para-hydroxylation sites is 2. The average molecular weight is 372 g/mol. The van der Waals surface area contributed by atoms with E-state index in [1.807, 2.05) is 5.38 Å². The third-order valence-corrected chi connectivity index (χ3v) is 4.28. The number of halogens is 3. The Hall–Kier alpha value is -2.29. The summed E-state index contributed by atoms with van der Waals surface area (Å²) in [4.78, 5) is 8.61. The van der Waals surface area contributed by atoms with Crippen LogP contribution >= 0.6 is 11.3 Å². The maximum atomic E-state index is 12.4. The quantitative estimate of drug-likeness (QED) is 0.591. The lowest BCUT2D eigenvalue weighted by Crippen LogP contribution is -2.24. The van der Waals surface area contributed by atoms with Crippen molar-refractivity contribution in [2.24, 2.45) is 10.7 Å². The molecule has 9 heteroatoms. The molecule has 0 spiro atoms. The van der Waals surface area contributed by atoms with Gasteiger partial charge in [-0.25, -0.2) is 4.98 Å². The highest BCUT2D eigenvalue weighted by atomic mass is 32.1. The van der Waals surface area contributed by atoms with Crippen LogP contribution in [0.2, 0.25) is 0 Å². The monoisotopic (exact) mass is 372 g/mol. The molecule has 1 aromatic carbocycles. The van der Waals surface area contributed by atoms with Crippen molar-refractivity contribution in [3.8, 4) is 5.75 Å². The van der Waals surface area contributed by atoms with E-state index in [9.17, 15) is 13.2 Å². The molecule has 0 aliphatic carbocycles. The number of nitrogens with zero attached hydrogens (tertiary/aromatic N) is 2. The molecule has 0 unspecified atom stereocenters. The smallest absolute Gasteiger partial charge is 0.404 e. The van der Waals surface area contributed by atoms with E-state index in [2.05, 4.69) is 33.9 Å². The molecule has 0 bridgehead atoms. The van der Waals surface area contributed by atoms with Crippen molar-refractivity contribution in [3.05, 3.63) is 40.3 Å². The van der Waals surface area contributed by atoms with Crippen LogP contribution in [0.3, 0.4) is 0 Å². The van der Waals surface area contributed by atoms with Gasteiger partial charge < -0.3 is 15.8 Å². The Labute approximate surface area is 147 Å². The first-order valence-electron chi connectivity index (χ1n) is 7.60. The molecule has 0 saturated heterocycles. The first-order valence-corrected chi connectivity index (χ1v) is 8.48. The number of nitrogens with one attached hydrogen (secondary N) is 1. The molecule has 0 amide bonds. The third-order valence-electron chi connectivity index (χ3n) is 3.09. The van der Waals surface area contributed by atoms with Gasteiger partial charge in [0.2, 0.25) is 0 Å². The Kier molecular flexibility index (Phi) is 6.24. The number of hydrogen-bond acceptors (Lipinski definition) is 4. The first-order chi connectivity index (χ1) is 11.7. The molecule has 0 atom stereocenters. The van der Waals surface area contributed by atoms with Gasteiger partial charge in [-0.2, -0.15) is 0 Å². The van der Waals surface area contributed by atoms with Crippen molar-refractivity contribution in [2.75, 3.05) is 11.9 Å². The van der Waals surface area contributed by atoms with Crippen molar-refractivity contribution < 1.29 is 17.9 Å². The number of benzene rings is 1. The van der Waals surface area contributed by atoms with Crippen molar-refractivity contribution in [1.82, 2.24) is 4.98 Å². The minimum absolute atomic E-state index is 0.0116. The number of aromatic nitrogens is 1. The van der Waals surface area contributed by atoms with Crippen LogP contribution in [0.4, 0.5) is 18.9 Å². The van der Waals surface area contributed by atoms with Crippen molar-refractivity contribution in [1.29, 1.82) is 0 Å². The predicted octanol–water partition coefficient (Wildman–Crippen LogP) is 4.13. The topological polar surface area (TPSA) is 72.5 Å². The van der Waals surface area contributed by atoms with Crippen LogP contribution in [0, 0.1) is 0 Å². The molecule has 0 fully saturated rings. The van der Waals surface area contributed by atoms with Gasteiger partial charge in [-0.05, 0) is 12.1 Å². The Morgan fingerprint density at radius 2 is 2.08 bits per heavy atom. The van der Waals surface area contributed by atoms with Crippen LogP contribution in [0.1, 0.15) is 30.5 Å². The Bertz CT molecular complexity index is 728. The molecule has 2 aromatic rings. The molecule has 5 nitrogen and oxygen atoms in total. The normalized spacial score (nSPS) is 12.5. The first kappa shape index (κ1) is 19.0. The molecule has 0 aliphatic rings. The standard InChI is InChI=1S/C16H19F3N4OS/c1-10(2)14-22-11(9-25-14)7-8-21-15(20)23-12-5-3-4-6-13(12)24-16(17,18)19/h3-6,9-10H,7-8H2,1-2H3,(H3,20,21,23). The molecule has 25 heavy (non-hydrogen) atoms. The Morgan fingerprint density at radius 1 is 1.36 bits per heavy atom. The van der Waals surface area contributed by atoms with Crippen LogP contribution in [0.25, 0.3) is 0 Å². The molecular weight excluding hydrogens is 353 g/mol. The molecule has 136 valence electrons. The summed E-state index contributed by atoms with van der Waals surface area (Å²) in [6.45, 7) is 4.52. The van der Waals surface area contributed by atoms with Gasteiger partial charge in [0.25, 0.3) is 0 Å². The third kappa shape index (κ3) is 6.26. The number of thiazole rings is 1. The van der Waals surface area contributed by atoms with Gasteiger partial charge in [-0.15, -0.1) is 24.5 Å².